The van der Waals surface area contributed by atoms with Gasteiger partial charge >= 0.3 is 23.8 Å². The maximum atomic E-state index is 14.6. The van der Waals surface area contributed by atoms with E-state index < -0.39 is 58.8 Å². The Kier molecular flexibility index (Phi) is 12.2. The minimum absolute atomic E-state index is 0.0393. The first-order chi connectivity index (χ1) is 28.2. The normalized spacial score (nSPS) is 19.6. The van der Waals surface area contributed by atoms with E-state index in [1.165, 1.54) is 44.7 Å². The van der Waals surface area contributed by atoms with Crippen LogP contribution in [0.3, 0.4) is 0 Å². The first kappa shape index (κ1) is 40.2. The van der Waals surface area contributed by atoms with Crippen molar-refractivity contribution < 1.29 is 38.3 Å². The number of rotatable bonds is 14. The molecular formula is C39H36N8O8S3. The van der Waals surface area contributed by atoms with Crippen molar-refractivity contribution in [3.63, 3.8) is 0 Å². The van der Waals surface area contributed by atoms with Crippen molar-refractivity contribution in [3.05, 3.63) is 124 Å². The molecule has 2 saturated heterocycles. The van der Waals surface area contributed by atoms with Crippen molar-refractivity contribution in [1.82, 2.24) is 40.8 Å². The zero-order valence-electron chi connectivity index (χ0n) is 30.8. The Morgan fingerprint density at radius 3 is 2.16 bits per heavy atom. The summed E-state index contributed by atoms with van der Waals surface area (Å²) in [7, 11) is 0. The molecule has 2 fully saturated rings. The van der Waals surface area contributed by atoms with Gasteiger partial charge in [-0.05, 0) is 29.2 Å². The molecule has 3 aromatic carbocycles. The number of esters is 1. The van der Waals surface area contributed by atoms with E-state index >= 15 is 0 Å². The molecule has 3 aliphatic heterocycles. The molecule has 0 spiro atoms. The van der Waals surface area contributed by atoms with Gasteiger partial charge in [0.05, 0.1) is 0 Å². The van der Waals surface area contributed by atoms with E-state index in [4.69, 9.17) is 4.74 Å². The number of carbonyl (C=O) groups excluding carboxylic acids is 7. The summed E-state index contributed by atoms with van der Waals surface area (Å²) in [6.07, 6.45) is -0.573. The molecule has 0 aliphatic carbocycles. The molecule has 298 valence electrons. The van der Waals surface area contributed by atoms with E-state index in [1.54, 1.807) is 42.8 Å². The lowest BCUT2D eigenvalue weighted by molar-refractivity contribution is -0.164. The van der Waals surface area contributed by atoms with E-state index in [2.05, 4.69) is 26.1 Å². The van der Waals surface area contributed by atoms with E-state index in [0.717, 1.165) is 4.90 Å². The number of hydrogen-bond acceptors (Lipinski definition) is 13. The molecule has 7 amide bonds. The van der Waals surface area contributed by atoms with E-state index in [0.29, 0.717) is 21.0 Å². The second kappa shape index (κ2) is 17.6. The number of aromatic nitrogens is 2. The minimum Gasteiger partial charge on any atom is -0.448 e. The highest BCUT2D eigenvalue weighted by Crippen LogP contribution is 2.47. The fourth-order valence-electron chi connectivity index (χ4n) is 6.80. The summed E-state index contributed by atoms with van der Waals surface area (Å²) >= 11 is 3.86. The third-order valence-corrected chi connectivity index (χ3v) is 13.0. The highest BCUT2D eigenvalue weighted by molar-refractivity contribution is 8.01. The van der Waals surface area contributed by atoms with Crippen LogP contribution >= 0.6 is 34.9 Å². The number of amides is 7. The van der Waals surface area contributed by atoms with Gasteiger partial charge in [0.1, 0.15) is 22.6 Å². The number of likely N-dealkylation sites (N-methyl/N-ethyl adjacent to an activating group) is 1. The number of fused-ring (bicyclic) bond motifs is 1. The molecule has 4 aromatic rings. The molecule has 0 bridgehead atoms. The Morgan fingerprint density at radius 1 is 0.931 bits per heavy atom. The summed E-state index contributed by atoms with van der Waals surface area (Å²) in [5, 5.41) is 14.6. The van der Waals surface area contributed by atoms with E-state index in [-0.39, 0.29) is 48.8 Å². The van der Waals surface area contributed by atoms with Gasteiger partial charge in [-0.3, -0.25) is 33.8 Å². The number of thioether (sulfide) groups is 2. The van der Waals surface area contributed by atoms with Gasteiger partial charge in [-0.1, -0.05) is 114 Å². The highest BCUT2D eigenvalue weighted by atomic mass is 32.2. The Labute approximate surface area is 344 Å². The van der Waals surface area contributed by atoms with Gasteiger partial charge in [-0.2, -0.15) is 0 Å². The Balaban J connectivity index is 1.19. The van der Waals surface area contributed by atoms with Gasteiger partial charge in [-0.15, -0.1) is 22.0 Å². The van der Waals surface area contributed by atoms with Crippen molar-refractivity contribution in [2.24, 2.45) is 0 Å². The van der Waals surface area contributed by atoms with Crippen LogP contribution in [0.1, 0.15) is 35.8 Å². The maximum absolute atomic E-state index is 14.6. The van der Waals surface area contributed by atoms with Gasteiger partial charge in [0.25, 0.3) is 5.91 Å². The molecular weight excluding hydrogens is 805 g/mol. The van der Waals surface area contributed by atoms with Crippen LogP contribution < -0.4 is 16.0 Å². The van der Waals surface area contributed by atoms with Crippen LogP contribution in [0.15, 0.2) is 112 Å². The summed E-state index contributed by atoms with van der Waals surface area (Å²) in [6, 6.07) is 23.9. The van der Waals surface area contributed by atoms with Gasteiger partial charge in [0.15, 0.2) is 10.4 Å². The zero-order chi connectivity index (χ0) is 40.8. The van der Waals surface area contributed by atoms with Gasteiger partial charge < -0.3 is 25.6 Å². The lowest BCUT2D eigenvalue weighted by atomic mass is 9.94. The molecule has 0 radical (unpaired) electrons. The molecule has 58 heavy (non-hydrogen) atoms. The molecule has 3 aliphatic rings. The fourth-order valence-corrected chi connectivity index (χ4v) is 9.85. The second-order valence-electron chi connectivity index (χ2n) is 13.1. The monoisotopic (exact) mass is 840 g/mol. The van der Waals surface area contributed by atoms with Crippen molar-refractivity contribution in [1.29, 1.82) is 0 Å². The third-order valence-electron chi connectivity index (χ3n) is 9.69. The lowest BCUT2D eigenvalue weighted by Crippen LogP contribution is -2.85. The second-order valence-corrected chi connectivity index (χ2v) is 16.2. The molecule has 3 atom stereocenters. The number of nitrogens with zero attached hydrogens (tertiary/aromatic N) is 5. The van der Waals surface area contributed by atoms with Crippen LogP contribution in [0.25, 0.3) is 0 Å². The highest BCUT2D eigenvalue weighted by Gasteiger charge is 2.66. The van der Waals surface area contributed by atoms with Gasteiger partial charge in [-0.25, -0.2) is 9.59 Å². The average molecular weight is 841 g/mol. The fraction of sp³-hybridized carbons (Fsp3) is 0.256. The molecule has 1 aromatic heterocycles. The van der Waals surface area contributed by atoms with Crippen molar-refractivity contribution in [2.45, 2.75) is 34.4 Å². The Morgan fingerprint density at radius 2 is 1.57 bits per heavy atom. The van der Waals surface area contributed by atoms with Crippen molar-refractivity contribution >= 4 is 76.9 Å². The largest absolute Gasteiger partial charge is 0.448 e. The van der Waals surface area contributed by atoms with Crippen molar-refractivity contribution in [2.75, 3.05) is 31.1 Å². The SMILES string of the molecule is CCN1CCN(C(=O)NC(C(=O)N[C@]2(NC=O)C(=O)N3C(C(=O)OC(c4ccccc4)c4ccccc4)=C(CSc4nncs4)CS[C@@H]32)c2ccccc2)C(=O)C1=O. The molecule has 19 heteroatoms. The summed E-state index contributed by atoms with van der Waals surface area (Å²) in [6.45, 7) is 2.01. The number of imide groups is 1. The average Bonchev–Trinajstić information content (AvgIpc) is 3.79. The molecule has 0 saturated carbocycles. The molecule has 4 heterocycles. The summed E-state index contributed by atoms with van der Waals surface area (Å²) in [4.78, 5) is 97.8. The van der Waals surface area contributed by atoms with Gasteiger partial charge in [0.2, 0.25) is 18.0 Å². The predicted molar refractivity (Wildman–Crippen MR) is 213 cm³/mol. The smallest absolute Gasteiger partial charge is 0.356 e. The quantitative estimate of drug-likeness (QED) is 0.0420. The summed E-state index contributed by atoms with van der Waals surface area (Å²) < 4.78 is 6.89. The topological polar surface area (TPSA) is 200 Å². The maximum Gasteiger partial charge on any atom is 0.356 e. The number of piperazine rings is 1. The number of ether oxygens (including phenoxy) is 1. The first-order valence-corrected chi connectivity index (χ1v) is 20.9. The number of carbonyl (C=O) groups is 7. The van der Waals surface area contributed by atoms with E-state index in [1.807, 2.05) is 60.7 Å². The van der Waals surface area contributed by atoms with Crippen LogP contribution in [-0.4, -0.2) is 109 Å². The molecule has 1 unspecified atom stereocenters. The van der Waals surface area contributed by atoms with Crippen molar-refractivity contribution in [3.8, 4) is 0 Å². The van der Waals surface area contributed by atoms with Crippen LogP contribution in [0.4, 0.5) is 4.79 Å². The molecule has 7 rings (SSSR count). The van der Waals surface area contributed by atoms with Gasteiger partial charge in [0, 0.05) is 31.1 Å². The predicted octanol–water partition coefficient (Wildman–Crippen LogP) is 2.83. The Bertz CT molecular complexity index is 2190. The van der Waals surface area contributed by atoms with Crippen LogP contribution in [0.5, 0.6) is 0 Å². The molecule has 16 nitrogen and oxygen atoms in total. The number of benzene rings is 3. The zero-order valence-corrected chi connectivity index (χ0v) is 33.3. The number of β-lactam (4-membered cyclic amide) rings is 1. The van der Waals surface area contributed by atoms with Crippen LogP contribution in [0.2, 0.25) is 0 Å². The first-order valence-electron chi connectivity index (χ1n) is 18.0. The van der Waals surface area contributed by atoms with Crippen LogP contribution in [-0.2, 0) is 33.5 Å². The minimum atomic E-state index is -2.07. The summed E-state index contributed by atoms with van der Waals surface area (Å²) in [5.41, 5.74) is 1.71. The van der Waals surface area contributed by atoms with Crippen LogP contribution in [0, 0.1) is 0 Å². The molecule has 3 N–H and O–H groups in total. The number of hydrogen-bond donors (Lipinski definition) is 3. The number of urea groups is 1. The Hall–Kier alpha value is -6.05. The standard InChI is InChI=1S/C39H36N8O8S3/c1-2-45-18-19-46(33(51)32(45)50)37(54)42-28(24-12-6-3-7-13-24)31(49)43-39(40-22-48)35(53)47-29(27(20-56-36(39)47)21-57-38-44-41-23-58-38)34(52)55-30(25-14-8-4-9-15-25)26-16-10-5-11-17-26/h3-17,22-23,28,30,36H,2,18-21H2,1H3,(H,40,48)(H,42,54)(H,43,49)/t28?,36-,39-/m1/s1. The summed E-state index contributed by atoms with van der Waals surface area (Å²) in [5.74, 6) is -3.99. The third kappa shape index (κ3) is 7.92. The number of nitrogens with one attached hydrogen (secondary N) is 3. The van der Waals surface area contributed by atoms with E-state index in [9.17, 15) is 33.6 Å². The lowest BCUT2D eigenvalue weighted by Gasteiger charge is -2.56.